The van der Waals surface area contributed by atoms with Gasteiger partial charge in [0.1, 0.15) is 5.84 Å². The van der Waals surface area contributed by atoms with E-state index in [4.69, 9.17) is 5.73 Å². The van der Waals surface area contributed by atoms with Gasteiger partial charge in [-0.15, -0.1) is 11.3 Å². The monoisotopic (exact) mass is 216 g/mol. The maximum atomic E-state index is 5.90. The fourth-order valence-corrected chi connectivity index (χ4v) is 1.93. The van der Waals surface area contributed by atoms with Crippen LogP contribution in [-0.2, 0) is 0 Å². The van der Waals surface area contributed by atoms with E-state index in [0.717, 1.165) is 16.1 Å². The minimum absolute atomic E-state index is 0.583. The third-order valence-corrected chi connectivity index (χ3v) is 3.02. The zero-order valence-electron chi connectivity index (χ0n) is 8.47. The van der Waals surface area contributed by atoms with Gasteiger partial charge in [-0.3, -0.25) is 0 Å². The summed E-state index contributed by atoms with van der Waals surface area (Å²) in [5.41, 5.74) is 7.97. The molecular formula is C12H12N2S. The van der Waals surface area contributed by atoms with Gasteiger partial charge < -0.3 is 5.73 Å². The molecule has 1 heterocycles. The van der Waals surface area contributed by atoms with E-state index >= 15 is 0 Å². The second-order valence-electron chi connectivity index (χ2n) is 3.26. The van der Waals surface area contributed by atoms with Crippen LogP contribution in [0.1, 0.15) is 10.4 Å². The Hall–Kier alpha value is -1.61. The number of hydrogen-bond acceptors (Lipinski definition) is 2. The van der Waals surface area contributed by atoms with E-state index in [-0.39, 0.29) is 0 Å². The van der Waals surface area contributed by atoms with Crippen molar-refractivity contribution in [3.05, 3.63) is 52.2 Å². The average molecular weight is 216 g/mol. The van der Waals surface area contributed by atoms with Crippen molar-refractivity contribution in [2.45, 2.75) is 6.92 Å². The predicted molar refractivity (Wildman–Crippen MR) is 65.9 cm³/mol. The highest BCUT2D eigenvalue weighted by atomic mass is 32.1. The Bertz CT molecular complexity index is 472. The highest BCUT2D eigenvalue weighted by Gasteiger charge is 2.00. The van der Waals surface area contributed by atoms with E-state index < -0.39 is 0 Å². The number of hydrogen-bond donors (Lipinski definition) is 1. The minimum atomic E-state index is 0.583. The molecule has 0 radical (unpaired) electrons. The molecular weight excluding hydrogens is 204 g/mol. The number of nitrogens with zero attached hydrogens (tertiary/aromatic N) is 1. The average Bonchev–Trinajstić information content (AvgIpc) is 2.74. The lowest BCUT2D eigenvalue weighted by molar-refractivity contribution is 1.38. The van der Waals surface area contributed by atoms with Gasteiger partial charge in [0, 0.05) is 0 Å². The maximum Gasteiger partial charge on any atom is 0.141 e. The van der Waals surface area contributed by atoms with Crippen LogP contribution in [0.3, 0.4) is 0 Å². The van der Waals surface area contributed by atoms with E-state index in [1.807, 2.05) is 48.7 Å². The van der Waals surface area contributed by atoms with Crippen molar-refractivity contribution < 1.29 is 0 Å². The first-order valence-corrected chi connectivity index (χ1v) is 5.59. The summed E-state index contributed by atoms with van der Waals surface area (Å²) in [4.78, 5) is 5.42. The molecule has 3 heteroatoms. The number of thiophene rings is 1. The molecule has 0 amide bonds. The van der Waals surface area contributed by atoms with Crippen molar-refractivity contribution in [3.63, 3.8) is 0 Å². The van der Waals surface area contributed by atoms with Crippen molar-refractivity contribution in [2.75, 3.05) is 0 Å². The highest BCUT2D eigenvalue weighted by Crippen LogP contribution is 2.18. The summed E-state index contributed by atoms with van der Waals surface area (Å²) in [7, 11) is 0. The van der Waals surface area contributed by atoms with E-state index in [1.54, 1.807) is 11.3 Å². The number of rotatable bonds is 2. The molecule has 0 spiro atoms. The van der Waals surface area contributed by atoms with Crippen molar-refractivity contribution in [2.24, 2.45) is 10.7 Å². The minimum Gasteiger partial charge on any atom is -0.383 e. The first-order valence-electron chi connectivity index (χ1n) is 4.71. The zero-order valence-corrected chi connectivity index (χ0v) is 9.29. The number of aliphatic imine (C=N–C) groups is 1. The van der Waals surface area contributed by atoms with Crippen LogP contribution in [0.4, 0.5) is 5.69 Å². The summed E-state index contributed by atoms with van der Waals surface area (Å²) in [6.07, 6.45) is 0. The summed E-state index contributed by atoms with van der Waals surface area (Å²) in [5, 5.41) is 2.00. The van der Waals surface area contributed by atoms with Crippen LogP contribution >= 0.6 is 11.3 Å². The maximum absolute atomic E-state index is 5.90. The van der Waals surface area contributed by atoms with Crippen LogP contribution in [0.15, 0.2) is 46.8 Å². The van der Waals surface area contributed by atoms with Gasteiger partial charge in [-0.1, -0.05) is 24.3 Å². The van der Waals surface area contributed by atoms with E-state index in [2.05, 4.69) is 4.99 Å². The predicted octanol–water partition coefficient (Wildman–Crippen LogP) is 3.09. The van der Waals surface area contributed by atoms with E-state index in [0.29, 0.717) is 5.84 Å². The first-order chi connectivity index (χ1) is 7.27. The Balaban J connectivity index is 2.35. The molecule has 0 unspecified atom stereocenters. The number of aryl methyl sites for hydroxylation is 1. The topological polar surface area (TPSA) is 38.4 Å². The second kappa shape index (κ2) is 4.28. The number of benzene rings is 1. The van der Waals surface area contributed by atoms with Gasteiger partial charge in [-0.2, -0.15) is 0 Å². The number of nitrogens with two attached hydrogens (primary N) is 1. The zero-order chi connectivity index (χ0) is 10.7. The van der Waals surface area contributed by atoms with Crippen LogP contribution in [0.5, 0.6) is 0 Å². The molecule has 76 valence electrons. The van der Waals surface area contributed by atoms with Gasteiger partial charge in [0.25, 0.3) is 0 Å². The Morgan fingerprint density at radius 2 is 2.00 bits per heavy atom. The Labute approximate surface area is 93.1 Å². The molecule has 0 atom stereocenters. The highest BCUT2D eigenvalue weighted by molar-refractivity contribution is 7.12. The van der Waals surface area contributed by atoms with Crippen molar-refractivity contribution in [3.8, 4) is 0 Å². The van der Waals surface area contributed by atoms with Crippen LogP contribution in [0.2, 0.25) is 0 Å². The molecule has 2 aromatic rings. The van der Waals surface area contributed by atoms with Gasteiger partial charge in [-0.25, -0.2) is 4.99 Å². The molecule has 1 aromatic carbocycles. The molecule has 0 bridgehead atoms. The molecule has 2 nitrogen and oxygen atoms in total. The molecule has 0 saturated heterocycles. The molecule has 0 aliphatic heterocycles. The lowest BCUT2D eigenvalue weighted by atomic mass is 10.2. The quantitative estimate of drug-likeness (QED) is 0.608. The fraction of sp³-hybridized carbons (Fsp3) is 0.0833. The smallest absolute Gasteiger partial charge is 0.141 e. The summed E-state index contributed by atoms with van der Waals surface area (Å²) in [6.45, 7) is 2.03. The number of amidine groups is 1. The molecule has 15 heavy (non-hydrogen) atoms. The first kappa shape index (κ1) is 9.93. The Kier molecular flexibility index (Phi) is 2.83. The summed E-state index contributed by atoms with van der Waals surface area (Å²) < 4.78 is 0. The second-order valence-corrected chi connectivity index (χ2v) is 4.21. The molecule has 2 N–H and O–H groups in total. The summed E-state index contributed by atoms with van der Waals surface area (Å²) in [5.74, 6) is 0.583. The fourth-order valence-electron chi connectivity index (χ4n) is 1.30. The standard InChI is InChI=1S/C12H12N2S/c1-9-5-2-3-6-10(9)14-12(13)11-7-4-8-15-11/h2-8H,1H3,(H2,13,14). The van der Waals surface area contributed by atoms with Crippen molar-refractivity contribution in [1.29, 1.82) is 0 Å². The largest absolute Gasteiger partial charge is 0.383 e. The molecule has 2 rings (SSSR count). The van der Waals surface area contributed by atoms with Crippen LogP contribution in [-0.4, -0.2) is 5.84 Å². The lowest BCUT2D eigenvalue weighted by Crippen LogP contribution is -2.10. The van der Waals surface area contributed by atoms with Gasteiger partial charge >= 0.3 is 0 Å². The third-order valence-electron chi connectivity index (χ3n) is 2.13. The molecule has 0 aliphatic carbocycles. The lowest BCUT2D eigenvalue weighted by Gasteiger charge is -2.00. The van der Waals surface area contributed by atoms with Gasteiger partial charge in [0.15, 0.2) is 0 Å². The SMILES string of the molecule is Cc1ccccc1N=C(N)c1cccs1. The van der Waals surface area contributed by atoms with Crippen LogP contribution < -0.4 is 5.73 Å². The van der Waals surface area contributed by atoms with Crippen molar-refractivity contribution >= 4 is 22.9 Å². The van der Waals surface area contributed by atoms with Gasteiger partial charge in [-0.05, 0) is 30.0 Å². The third kappa shape index (κ3) is 2.25. The number of para-hydroxylation sites is 1. The van der Waals surface area contributed by atoms with E-state index in [9.17, 15) is 0 Å². The molecule has 1 aromatic heterocycles. The summed E-state index contributed by atoms with van der Waals surface area (Å²) in [6, 6.07) is 11.9. The van der Waals surface area contributed by atoms with Crippen LogP contribution in [0, 0.1) is 6.92 Å². The van der Waals surface area contributed by atoms with Crippen LogP contribution in [0.25, 0.3) is 0 Å². The van der Waals surface area contributed by atoms with Gasteiger partial charge in [0.05, 0.1) is 10.6 Å². The van der Waals surface area contributed by atoms with Crippen molar-refractivity contribution in [1.82, 2.24) is 0 Å². The molecule has 0 fully saturated rings. The Morgan fingerprint density at radius 3 is 2.67 bits per heavy atom. The van der Waals surface area contributed by atoms with E-state index in [1.165, 1.54) is 0 Å². The molecule has 0 saturated carbocycles. The van der Waals surface area contributed by atoms with Gasteiger partial charge in [0.2, 0.25) is 0 Å². The Morgan fingerprint density at radius 1 is 1.20 bits per heavy atom. The normalized spacial score (nSPS) is 11.7. The molecule has 0 aliphatic rings. The summed E-state index contributed by atoms with van der Waals surface area (Å²) >= 11 is 1.60.